The van der Waals surface area contributed by atoms with Crippen molar-refractivity contribution < 1.29 is 4.79 Å². The molecule has 0 unspecified atom stereocenters. The topological polar surface area (TPSA) is 48.0 Å². The molecule has 0 radical (unpaired) electrons. The van der Waals surface area contributed by atoms with E-state index in [0.717, 1.165) is 5.56 Å². The maximum Gasteiger partial charge on any atom is 0.221 e. The SMILES string of the molecule is Cc1cc(CC(N)=O)c(C)n1C1CC1. The highest BCUT2D eigenvalue weighted by atomic mass is 16.1. The van der Waals surface area contributed by atoms with Gasteiger partial charge in [-0.2, -0.15) is 0 Å². The van der Waals surface area contributed by atoms with Crippen molar-refractivity contribution >= 4 is 5.91 Å². The summed E-state index contributed by atoms with van der Waals surface area (Å²) in [6.07, 6.45) is 2.91. The van der Waals surface area contributed by atoms with Crippen LogP contribution >= 0.6 is 0 Å². The molecule has 1 saturated carbocycles. The van der Waals surface area contributed by atoms with Gasteiger partial charge in [-0.3, -0.25) is 4.79 Å². The average molecular weight is 192 g/mol. The molecule has 14 heavy (non-hydrogen) atoms. The monoisotopic (exact) mass is 192 g/mol. The Morgan fingerprint density at radius 1 is 1.57 bits per heavy atom. The third kappa shape index (κ3) is 1.54. The smallest absolute Gasteiger partial charge is 0.221 e. The number of aromatic nitrogens is 1. The summed E-state index contributed by atoms with van der Waals surface area (Å²) in [4.78, 5) is 10.8. The molecule has 1 fully saturated rings. The summed E-state index contributed by atoms with van der Waals surface area (Å²) < 4.78 is 2.33. The van der Waals surface area contributed by atoms with Crippen molar-refractivity contribution in [1.29, 1.82) is 0 Å². The highest BCUT2D eigenvalue weighted by molar-refractivity contribution is 5.77. The summed E-state index contributed by atoms with van der Waals surface area (Å²) in [5, 5.41) is 0. The van der Waals surface area contributed by atoms with Gasteiger partial charge in [-0.15, -0.1) is 0 Å². The number of nitrogens with zero attached hydrogens (tertiary/aromatic N) is 1. The lowest BCUT2D eigenvalue weighted by Crippen LogP contribution is -2.14. The van der Waals surface area contributed by atoms with Crippen LogP contribution in [0.2, 0.25) is 0 Å². The van der Waals surface area contributed by atoms with E-state index in [2.05, 4.69) is 24.5 Å². The fourth-order valence-corrected chi connectivity index (χ4v) is 2.11. The van der Waals surface area contributed by atoms with Gasteiger partial charge in [-0.05, 0) is 38.3 Å². The van der Waals surface area contributed by atoms with Crippen LogP contribution in [-0.4, -0.2) is 10.5 Å². The highest BCUT2D eigenvalue weighted by Gasteiger charge is 2.26. The summed E-state index contributed by atoms with van der Waals surface area (Å²) in [6.45, 7) is 4.17. The van der Waals surface area contributed by atoms with Gasteiger partial charge >= 0.3 is 0 Å². The Morgan fingerprint density at radius 3 is 2.71 bits per heavy atom. The summed E-state index contributed by atoms with van der Waals surface area (Å²) in [7, 11) is 0. The van der Waals surface area contributed by atoms with Crippen LogP contribution in [0.4, 0.5) is 0 Å². The van der Waals surface area contributed by atoms with E-state index in [1.54, 1.807) is 0 Å². The lowest BCUT2D eigenvalue weighted by atomic mass is 10.2. The fraction of sp³-hybridized carbons (Fsp3) is 0.545. The van der Waals surface area contributed by atoms with Crippen molar-refractivity contribution in [1.82, 2.24) is 4.57 Å². The summed E-state index contributed by atoms with van der Waals surface area (Å²) in [5.41, 5.74) is 8.74. The minimum Gasteiger partial charge on any atom is -0.369 e. The summed E-state index contributed by atoms with van der Waals surface area (Å²) in [6, 6.07) is 2.76. The Hall–Kier alpha value is -1.25. The second-order valence-electron chi connectivity index (χ2n) is 4.14. The number of aryl methyl sites for hydroxylation is 1. The molecule has 0 aliphatic heterocycles. The van der Waals surface area contributed by atoms with Crippen molar-refractivity contribution in [3.8, 4) is 0 Å². The largest absolute Gasteiger partial charge is 0.369 e. The summed E-state index contributed by atoms with van der Waals surface area (Å²) in [5.74, 6) is -0.249. The first-order chi connectivity index (χ1) is 6.59. The molecule has 76 valence electrons. The third-order valence-corrected chi connectivity index (χ3v) is 2.87. The van der Waals surface area contributed by atoms with Crippen molar-refractivity contribution in [3.63, 3.8) is 0 Å². The number of carbonyl (C=O) groups excluding carboxylic acids is 1. The molecule has 2 N–H and O–H groups in total. The number of primary amides is 1. The Bertz CT molecular complexity index is 375. The van der Waals surface area contributed by atoms with Gasteiger partial charge in [0, 0.05) is 17.4 Å². The van der Waals surface area contributed by atoms with Crippen LogP contribution in [0.15, 0.2) is 6.07 Å². The standard InChI is InChI=1S/C11H16N2O/c1-7-5-9(6-11(12)14)8(2)13(7)10-3-4-10/h5,10H,3-4,6H2,1-2H3,(H2,12,14). The molecule has 0 bridgehead atoms. The van der Waals surface area contributed by atoms with Gasteiger partial charge in [0.2, 0.25) is 5.91 Å². The highest BCUT2D eigenvalue weighted by Crippen LogP contribution is 2.38. The maximum absolute atomic E-state index is 10.8. The van der Waals surface area contributed by atoms with Crippen molar-refractivity contribution in [3.05, 3.63) is 23.0 Å². The van der Waals surface area contributed by atoms with Crippen LogP contribution in [0.25, 0.3) is 0 Å². The predicted octanol–water partition coefficient (Wildman–Crippen LogP) is 1.47. The van der Waals surface area contributed by atoms with Gasteiger partial charge in [0.15, 0.2) is 0 Å². The first kappa shape index (κ1) is 9.31. The van der Waals surface area contributed by atoms with E-state index >= 15 is 0 Å². The predicted molar refractivity (Wildman–Crippen MR) is 55.1 cm³/mol. The molecule has 0 saturated heterocycles. The lowest BCUT2D eigenvalue weighted by molar-refractivity contribution is -0.117. The van der Waals surface area contributed by atoms with Crippen molar-refractivity contribution in [2.24, 2.45) is 5.73 Å². The summed E-state index contributed by atoms with van der Waals surface area (Å²) >= 11 is 0. The van der Waals surface area contributed by atoms with Crippen LogP contribution in [0.3, 0.4) is 0 Å². The van der Waals surface area contributed by atoms with E-state index in [9.17, 15) is 4.79 Å². The van der Waals surface area contributed by atoms with E-state index in [1.165, 1.54) is 24.2 Å². The molecule has 1 aromatic heterocycles. The normalized spacial score (nSPS) is 15.9. The van der Waals surface area contributed by atoms with Crippen LogP contribution in [0.5, 0.6) is 0 Å². The zero-order valence-corrected chi connectivity index (χ0v) is 8.71. The molecule has 0 spiro atoms. The van der Waals surface area contributed by atoms with Crippen molar-refractivity contribution in [2.75, 3.05) is 0 Å². The lowest BCUT2D eigenvalue weighted by Gasteiger charge is -2.07. The number of rotatable bonds is 3. The molecule has 1 aliphatic carbocycles. The third-order valence-electron chi connectivity index (χ3n) is 2.87. The Labute approximate surface area is 83.9 Å². The van der Waals surface area contributed by atoms with Crippen LogP contribution in [0.1, 0.15) is 35.8 Å². The van der Waals surface area contributed by atoms with Gasteiger partial charge in [-0.1, -0.05) is 0 Å². The molecule has 3 nitrogen and oxygen atoms in total. The second kappa shape index (κ2) is 3.15. The minimum atomic E-state index is -0.249. The second-order valence-corrected chi connectivity index (χ2v) is 4.14. The molecule has 1 aromatic rings. The molecule has 0 aromatic carbocycles. The number of carbonyl (C=O) groups is 1. The van der Waals surface area contributed by atoms with Gasteiger partial charge in [0.25, 0.3) is 0 Å². The quantitative estimate of drug-likeness (QED) is 0.774. The number of nitrogens with two attached hydrogens (primary N) is 1. The van der Waals surface area contributed by atoms with Gasteiger partial charge < -0.3 is 10.3 Å². The Morgan fingerprint density at radius 2 is 2.21 bits per heavy atom. The zero-order chi connectivity index (χ0) is 10.3. The molecule has 1 heterocycles. The van der Waals surface area contributed by atoms with Gasteiger partial charge in [0.05, 0.1) is 6.42 Å². The van der Waals surface area contributed by atoms with E-state index < -0.39 is 0 Å². The number of amides is 1. The van der Waals surface area contributed by atoms with E-state index in [-0.39, 0.29) is 5.91 Å². The van der Waals surface area contributed by atoms with E-state index in [0.29, 0.717) is 12.5 Å². The average Bonchev–Trinajstić information content (AvgIpc) is 2.82. The van der Waals surface area contributed by atoms with Crippen molar-refractivity contribution in [2.45, 2.75) is 39.2 Å². The molecular weight excluding hydrogens is 176 g/mol. The minimum absolute atomic E-state index is 0.249. The molecular formula is C11H16N2O. The van der Waals surface area contributed by atoms with Gasteiger partial charge in [-0.25, -0.2) is 0 Å². The zero-order valence-electron chi connectivity index (χ0n) is 8.71. The van der Waals surface area contributed by atoms with Crippen LogP contribution < -0.4 is 5.73 Å². The Kier molecular flexibility index (Phi) is 2.10. The number of hydrogen-bond donors (Lipinski definition) is 1. The number of hydrogen-bond acceptors (Lipinski definition) is 1. The first-order valence-electron chi connectivity index (χ1n) is 5.05. The molecule has 0 atom stereocenters. The van der Waals surface area contributed by atoms with E-state index in [4.69, 9.17) is 5.73 Å². The van der Waals surface area contributed by atoms with Crippen LogP contribution in [0, 0.1) is 13.8 Å². The Balaban J connectivity index is 2.33. The fourth-order valence-electron chi connectivity index (χ4n) is 2.11. The first-order valence-corrected chi connectivity index (χ1v) is 5.05. The molecule has 1 amide bonds. The van der Waals surface area contributed by atoms with Crippen LogP contribution in [-0.2, 0) is 11.2 Å². The van der Waals surface area contributed by atoms with E-state index in [1.807, 2.05) is 0 Å². The molecule has 3 heteroatoms. The molecule has 1 aliphatic rings. The molecule has 2 rings (SSSR count). The van der Waals surface area contributed by atoms with Gasteiger partial charge in [0.1, 0.15) is 0 Å². The maximum atomic E-state index is 10.8.